The molecule has 0 spiro atoms. The maximum Gasteiger partial charge on any atom is 0.145 e. The van der Waals surface area contributed by atoms with Crippen molar-refractivity contribution in [3.63, 3.8) is 0 Å². The molecule has 3 aromatic rings. The van der Waals surface area contributed by atoms with Crippen molar-refractivity contribution in [3.8, 4) is 0 Å². The second-order valence-electron chi connectivity index (χ2n) is 6.76. The summed E-state index contributed by atoms with van der Waals surface area (Å²) in [5, 5.41) is 3.59. The Bertz CT molecular complexity index is 818. The predicted octanol–water partition coefficient (Wildman–Crippen LogP) is 3.75. The van der Waals surface area contributed by atoms with E-state index in [1.807, 2.05) is 30.5 Å². The molecule has 1 saturated heterocycles. The summed E-state index contributed by atoms with van der Waals surface area (Å²) in [6.07, 6.45) is 5.39. The Morgan fingerprint density at radius 1 is 1.00 bits per heavy atom. The Morgan fingerprint density at radius 2 is 1.80 bits per heavy atom. The van der Waals surface area contributed by atoms with Crippen LogP contribution in [0.4, 0.5) is 5.82 Å². The maximum absolute atomic E-state index is 4.70. The number of para-hydroxylation sites is 2. The fourth-order valence-corrected chi connectivity index (χ4v) is 3.54. The second-order valence-corrected chi connectivity index (χ2v) is 6.76. The molecule has 1 aliphatic heterocycles. The summed E-state index contributed by atoms with van der Waals surface area (Å²) in [5.41, 5.74) is 3.31. The lowest BCUT2D eigenvalue weighted by Crippen LogP contribution is -2.43. The van der Waals surface area contributed by atoms with Gasteiger partial charge in [0.25, 0.3) is 0 Å². The SMILES string of the molecule is c1ccc(CCN2CCC[C@H](Nc3cnc4ccccc4n3)C2)cc1. The van der Waals surface area contributed by atoms with Crippen LogP contribution in [0.15, 0.2) is 60.8 Å². The monoisotopic (exact) mass is 332 g/mol. The molecule has 0 bridgehead atoms. The number of nitrogens with zero attached hydrogens (tertiary/aromatic N) is 3. The number of benzene rings is 2. The summed E-state index contributed by atoms with van der Waals surface area (Å²) >= 11 is 0. The van der Waals surface area contributed by atoms with Gasteiger partial charge in [0.15, 0.2) is 0 Å². The zero-order valence-corrected chi connectivity index (χ0v) is 14.4. The Balaban J connectivity index is 1.35. The van der Waals surface area contributed by atoms with Crippen molar-refractivity contribution >= 4 is 16.9 Å². The van der Waals surface area contributed by atoms with Crippen molar-refractivity contribution in [3.05, 3.63) is 66.4 Å². The second kappa shape index (κ2) is 7.62. The lowest BCUT2D eigenvalue weighted by molar-refractivity contribution is 0.218. The van der Waals surface area contributed by atoms with Gasteiger partial charge in [0.05, 0.1) is 17.2 Å². The first-order valence-corrected chi connectivity index (χ1v) is 9.11. The highest BCUT2D eigenvalue weighted by molar-refractivity contribution is 5.75. The first-order valence-electron chi connectivity index (χ1n) is 9.11. The Labute approximate surface area is 148 Å². The highest BCUT2D eigenvalue weighted by Gasteiger charge is 2.20. The zero-order chi connectivity index (χ0) is 16.9. The zero-order valence-electron chi connectivity index (χ0n) is 14.4. The van der Waals surface area contributed by atoms with Gasteiger partial charge in [-0.2, -0.15) is 0 Å². The fraction of sp³-hybridized carbons (Fsp3) is 0.333. The van der Waals surface area contributed by atoms with Gasteiger partial charge >= 0.3 is 0 Å². The topological polar surface area (TPSA) is 41.0 Å². The minimum absolute atomic E-state index is 0.444. The molecule has 1 fully saturated rings. The molecule has 0 aliphatic carbocycles. The number of likely N-dealkylation sites (tertiary alicyclic amines) is 1. The number of fused-ring (bicyclic) bond motifs is 1. The summed E-state index contributed by atoms with van der Waals surface area (Å²) in [4.78, 5) is 11.8. The van der Waals surface area contributed by atoms with Gasteiger partial charge in [-0.1, -0.05) is 42.5 Å². The van der Waals surface area contributed by atoms with Crippen LogP contribution < -0.4 is 5.32 Å². The minimum Gasteiger partial charge on any atom is -0.365 e. The minimum atomic E-state index is 0.444. The van der Waals surface area contributed by atoms with E-state index in [2.05, 4.69) is 45.5 Å². The normalized spacial score (nSPS) is 18.3. The third-order valence-electron chi connectivity index (χ3n) is 4.87. The third kappa shape index (κ3) is 4.15. The Kier molecular flexibility index (Phi) is 4.89. The number of nitrogens with one attached hydrogen (secondary N) is 1. The van der Waals surface area contributed by atoms with Crippen molar-refractivity contribution in [1.82, 2.24) is 14.9 Å². The van der Waals surface area contributed by atoms with Crippen molar-refractivity contribution in [2.45, 2.75) is 25.3 Å². The molecule has 2 heterocycles. The molecular weight excluding hydrogens is 308 g/mol. The maximum atomic E-state index is 4.70. The summed E-state index contributed by atoms with van der Waals surface area (Å²) < 4.78 is 0. The van der Waals surface area contributed by atoms with Crippen LogP contribution in [0.5, 0.6) is 0 Å². The van der Waals surface area contributed by atoms with Crippen molar-refractivity contribution in [1.29, 1.82) is 0 Å². The summed E-state index contributed by atoms with van der Waals surface area (Å²) in [7, 11) is 0. The predicted molar refractivity (Wildman–Crippen MR) is 103 cm³/mol. The molecule has 4 rings (SSSR count). The van der Waals surface area contributed by atoms with Gasteiger partial charge in [0.1, 0.15) is 5.82 Å². The highest BCUT2D eigenvalue weighted by atomic mass is 15.2. The number of piperidine rings is 1. The van der Waals surface area contributed by atoms with Gasteiger partial charge in [-0.3, -0.25) is 4.98 Å². The molecule has 0 amide bonds. The number of rotatable bonds is 5. The van der Waals surface area contributed by atoms with Crippen LogP contribution in [0.1, 0.15) is 18.4 Å². The number of hydrogen-bond acceptors (Lipinski definition) is 4. The number of anilines is 1. The molecule has 0 unspecified atom stereocenters. The molecule has 1 aliphatic rings. The molecule has 0 saturated carbocycles. The van der Waals surface area contributed by atoms with Crippen LogP contribution in [0.2, 0.25) is 0 Å². The van der Waals surface area contributed by atoms with Crippen LogP contribution >= 0.6 is 0 Å². The molecule has 1 N–H and O–H groups in total. The van der Waals surface area contributed by atoms with Crippen LogP contribution in [0, 0.1) is 0 Å². The van der Waals surface area contributed by atoms with E-state index >= 15 is 0 Å². The van der Waals surface area contributed by atoms with E-state index in [1.165, 1.54) is 24.9 Å². The van der Waals surface area contributed by atoms with Gasteiger partial charge in [-0.25, -0.2) is 4.98 Å². The van der Waals surface area contributed by atoms with Crippen LogP contribution in [-0.4, -0.2) is 40.5 Å². The molecule has 2 aromatic carbocycles. The lowest BCUT2D eigenvalue weighted by atomic mass is 10.0. The van der Waals surface area contributed by atoms with E-state index in [4.69, 9.17) is 4.98 Å². The van der Waals surface area contributed by atoms with E-state index in [1.54, 1.807) is 0 Å². The van der Waals surface area contributed by atoms with Crippen LogP contribution in [0.25, 0.3) is 11.0 Å². The molecular formula is C21H24N4. The van der Waals surface area contributed by atoms with Crippen molar-refractivity contribution < 1.29 is 0 Å². The molecule has 0 radical (unpaired) electrons. The molecule has 1 aromatic heterocycles. The van der Waals surface area contributed by atoms with Gasteiger partial charge < -0.3 is 10.2 Å². The number of hydrogen-bond donors (Lipinski definition) is 1. The summed E-state index contributed by atoms with van der Waals surface area (Å²) in [6, 6.07) is 19.2. The molecule has 128 valence electrons. The molecule has 25 heavy (non-hydrogen) atoms. The fourth-order valence-electron chi connectivity index (χ4n) is 3.54. The van der Waals surface area contributed by atoms with Gasteiger partial charge in [0.2, 0.25) is 0 Å². The van der Waals surface area contributed by atoms with Crippen molar-refractivity contribution in [2.75, 3.05) is 25.0 Å². The van der Waals surface area contributed by atoms with E-state index in [0.717, 1.165) is 36.4 Å². The highest BCUT2D eigenvalue weighted by Crippen LogP contribution is 2.17. The van der Waals surface area contributed by atoms with E-state index < -0.39 is 0 Å². The Morgan fingerprint density at radius 3 is 2.68 bits per heavy atom. The molecule has 1 atom stereocenters. The number of aromatic nitrogens is 2. The average Bonchev–Trinajstić information content (AvgIpc) is 2.67. The summed E-state index contributed by atoms with van der Waals surface area (Å²) in [6.45, 7) is 3.38. The molecule has 4 nitrogen and oxygen atoms in total. The standard InChI is InChI=1S/C21H24N4/c1-2-7-17(8-3-1)12-14-25-13-6-9-18(16-25)23-21-15-22-19-10-4-5-11-20(19)24-21/h1-5,7-8,10-11,15,18H,6,9,12-14,16H2,(H,23,24)/t18-/m0/s1. The van der Waals surface area contributed by atoms with Crippen LogP contribution in [-0.2, 0) is 6.42 Å². The lowest BCUT2D eigenvalue weighted by Gasteiger charge is -2.33. The van der Waals surface area contributed by atoms with Gasteiger partial charge in [0, 0.05) is 19.1 Å². The summed E-state index contributed by atoms with van der Waals surface area (Å²) in [5.74, 6) is 0.883. The van der Waals surface area contributed by atoms with Crippen LogP contribution in [0.3, 0.4) is 0 Å². The van der Waals surface area contributed by atoms with Gasteiger partial charge in [-0.05, 0) is 43.5 Å². The quantitative estimate of drug-likeness (QED) is 0.772. The van der Waals surface area contributed by atoms with E-state index in [-0.39, 0.29) is 0 Å². The molecule has 4 heteroatoms. The van der Waals surface area contributed by atoms with Crippen molar-refractivity contribution in [2.24, 2.45) is 0 Å². The first-order chi connectivity index (χ1) is 12.4. The Hall–Kier alpha value is -2.46. The van der Waals surface area contributed by atoms with Gasteiger partial charge in [-0.15, -0.1) is 0 Å². The smallest absolute Gasteiger partial charge is 0.145 e. The first kappa shape index (κ1) is 16.0. The van der Waals surface area contributed by atoms with E-state index in [9.17, 15) is 0 Å². The average molecular weight is 332 g/mol. The van der Waals surface area contributed by atoms with E-state index in [0.29, 0.717) is 6.04 Å². The largest absolute Gasteiger partial charge is 0.365 e. The third-order valence-corrected chi connectivity index (χ3v) is 4.87.